The monoisotopic (exact) mass is 349 g/mol. The van der Waals surface area contributed by atoms with Crippen molar-refractivity contribution in [2.75, 3.05) is 20.3 Å². The van der Waals surface area contributed by atoms with Crippen molar-refractivity contribution in [3.05, 3.63) is 47.2 Å². The molecule has 0 radical (unpaired) electrons. The molecule has 1 aliphatic rings. The first-order chi connectivity index (χ1) is 11.7. The van der Waals surface area contributed by atoms with Crippen molar-refractivity contribution in [3.8, 4) is 5.75 Å². The highest BCUT2D eigenvalue weighted by molar-refractivity contribution is 6.30. The molecule has 6 nitrogen and oxygen atoms in total. The van der Waals surface area contributed by atoms with Crippen LogP contribution in [-0.2, 0) is 22.6 Å². The van der Waals surface area contributed by atoms with Gasteiger partial charge in [-0.1, -0.05) is 17.7 Å². The first-order valence-electron chi connectivity index (χ1n) is 7.85. The van der Waals surface area contributed by atoms with E-state index in [1.54, 1.807) is 37.6 Å². The number of ether oxygens (including phenoxy) is 2. The van der Waals surface area contributed by atoms with Crippen LogP contribution in [0.1, 0.15) is 12.1 Å². The van der Waals surface area contributed by atoms with Crippen molar-refractivity contribution in [2.45, 2.75) is 25.6 Å². The Kier molecular flexibility index (Phi) is 5.37. The fourth-order valence-electron chi connectivity index (χ4n) is 2.87. The SMILES string of the molecule is COC[C@H]1CCn2nccc2CN1C(=O)COc1cccc(Cl)c1. The maximum Gasteiger partial charge on any atom is 0.261 e. The van der Waals surface area contributed by atoms with Crippen molar-refractivity contribution in [1.29, 1.82) is 0 Å². The fraction of sp³-hybridized carbons (Fsp3) is 0.412. The highest BCUT2D eigenvalue weighted by Crippen LogP contribution is 2.20. The molecule has 0 saturated carbocycles. The molecule has 0 spiro atoms. The van der Waals surface area contributed by atoms with Gasteiger partial charge in [0.1, 0.15) is 5.75 Å². The summed E-state index contributed by atoms with van der Waals surface area (Å²) in [6, 6.07) is 8.98. The Balaban J connectivity index is 1.70. The Bertz CT molecular complexity index is 704. The predicted molar refractivity (Wildman–Crippen MR) is 90.0 cm³/mol. The summed E-state index contributed by atoms with van der Waals surface area (Å²) in [4.78, 5) is 14.5. The number of carbonyl (C=O) groups excluding carboxylic acids is 1. The van der Waals surface area contributed by atoms with Crippen LogP contribution in [-0.4, -0.2) is 47.0 Å². The summed E-state index contributed by atoms with van der Waals surface area (Å²) in [6.45, 7) is 1.74. The number of hydrogen-bond donors (Lipinski definition) is 0. The van der Waals surface area contributed by atoms with Gasteiger partial charge in [-0.2, -0.15) is 5.10 Å². The summed E-state index contributed by atoms with van der Waals surface area (Å²) in [5.41, 5.74) is 1.02. The first-order valence-corrected chi connectivity index (χ1v) is 8.22. The smallest absolute Gasteiger partial charge is 0.261 e. The third-order valence-corrected chi connectivity index (χ3v) is 4.32. The Hall–Kier alpha value is -2.05. The molecule has 24 heavy (non-hydrogen) atoms. The minimum atomic E-state index is -0.0772. The molecule has 1 aromatic heterocycles. The molecular weight excluding hydrogens is 330 g/mol. The lowest BCUT2D eigenvalue weighted by Crippen LogP contribution is -2.44. The van der Waals surface area contributed by atoms with Gasteiger partial charge >= 0.3 is 0 Å². The standard InChI is InChI=1S/C17H20ClN3O3/c1-23-11-15-6-8-21-14(5-7-19-21)10-20(15)17(22)12-24-16-4-2-3-13(18)9-16/h2-5,7,9,15H,6,8,10-12H2,1H3/t15-/m1/s1. The third-order valence-electron chi connectivity index (χ3n) is 4.09. The molecule has 2 aromatic rings. The quantitative estimate of drug-likeness (QED) is 0.831. The average Bonchev–Trinajstić information content (AvgIpc) is 2.95. The number of methoxy groups -OCH3 is 1. The van der Waals surface area contributed by atoms with Gasteiger partial charge in [0, 0.05) is 24.9 Å². The van der Waals surface area contributed by atoms with Gasteiger partial charge < -0.3 is 14.4 Å². The summed E-state index contributed by atoms with van der Waals surface area (Å²) < 4.78 is 12.8. The van der Waals surface area contributed by atoms with Gasteiger partial charge in [-0.15, -0.1) is 0 Å². The summed E-state index contributed by atoms with van der Waals surface area (Å²) >= 11 is 5.94. The van der Waals surface area contributed by atoms with Crippen molar-refractivity contribution < 1.29 is 14.3 Å². The van der Waals surface area contributed by atoms with E-state index in [1.165, 1.54) is 0 Å². The van der Waals surface area contributed by atoms with E-state index in [1.807, 2.05) is 15.6 Å². The zero-order chi connectivity index (χ0) is 16.9. The van der Waals surface area contributed by atoms with Crippen molar-refractivity contribution >= 4 is 17.5 Å². The molecule has 0 N–H and O–H groups in total. The van der Waals surface area contributed by atoms with Gasteiger partial charge in [0.05, 0.1) is 24.9 Å². The predicted octanol–water partition coefficient (Wildman–Crippen LogP) is 2.36. The van der Waals surface area contributed by atoms with Crippen LogP contribution in [0.15, 0.2) is 36.5 Å². The fourth-order valence-corrected chi connectivity index (χ4v) is 3.05. The van der Waals surface area contributed by atoms with Gasteiger partial charge in [-0.3, -0.25) is 9.48 Å². The average molecular weight is 350 g/mol. The number of fused-ring (bicyclic) bond motifs is 1. The van der Waals surface area contributed by atoms with E-state index in [9.17, 15) is 4.79 Å². The van der Waals surface area contributed by atoms with E-state index < -0.39 is 0 Å². The van der Waals surface area contributed by atoms with E-state index in [0.29, 0.717) is 23.9 Å². The lowest BCUT2D eigenvalue weighted by molar-refractivity contribution is -0.137. The van der Waals surface area contributed by atoms with E-state index in [-0.39, 0.29) is 18.6 Å². The van der Waals surface area contributed by atoms with Gasteiger partial charge in [-0.05, 0) is 30.7 Å². The lowest BCUT2D eigenvalue weighted by Gasteiger charge is -2.29. The van der Waals surface area contributed by atoms with E-state index >= 15 is 0 Å². The number of benzene rings is 1. The minimum Gasteiger partial charge on any atom is -0.484 e. The van der Waals surface area contributed by atoms with Gasteiger partial charge in [-0.25, -0.2) is 0 Å². The Morgan fingerprint density at radius 3 is 3.08 bits per heavy atom. The van der Waals surface area contributed by atoms with Crippen molar-refractivity contribution in [2.24, 2.45) is 0 Å². The molecule has 1 aromatic carbocycles. The van der Waals surface area contributed by atoms with Crippen LogP contribution in [0.5, 0.6) is 5.75 Å². The topological polar surface area (TPSA) is 56.6 Å². The van der Waals surface area contributed by atoms with Crippen LogP contribution in [0.25, 0.3) is 0 Å². The number of aromatic nitrogens is 2. The second-order valence-corrected chi connectivity index (χ2v) is 6.15. The number of halogens is 1. The van der Waals surface area contributed by atoms with Crippen LogP contribution in [0, 0.1) is 0 Å². The molecule has 1 amide bonds. The largest absolute Gasteiger partial charge is 0.484 e. The second kappa shape index (κ2) is 7.68. The van der Waals surface area contributed by atoms with E-state index in [2.05, 4.69) is 5.10 Å². The molecule has 0 fully saturated rings. The second-order valence-electron chi connectivity index (χ2n) is 5.71. The first kappa shape index (κ1) is 16.8. The molecule has 128 valence electrons. The van der Waals surface area contributed by atoms with Gasteiger partial charge in [0.2, 0.25) is 0 Å². The van der Waals surface area contributed by atoms with Crippen LogP contribution >= 0.6 is 11.6 Å². The van der Waals surface area contributed by atoms with Crippen LogP contribution in [0.2, 0.25) is 5.02 Å². The lowest BCUT2D eigenvalue weighted by atomic mass is 10.2. The minimum absolute atomic E-state index is 0.00663. The molecule has 0 saturated heterocycles. The Morgan fingerprint density at radius 2 is 2.29 bits per heavy atom. The molecule has 1 atom stereocenters. The third kappa shape index (κ3) is 3.88. The van der Waals surface area contributed by atoms with E-state index in [4.69, 9.17) is 21.1 Å². The number of nitrogens with zero attached hydrogens (tertiary/aromatic N) is 3. The Morgan fingerprint density at radius 1 is 1.42 bits per heavy atom. The zero-order valence-corrected chi connectivity index (χ0v) is 14.3. The number of rotatable bonds is 5. The number of carbonyl (C=O) groups is 1. The molecule has 0 unspecified atom stereocenters. The molecule has 0 bridgehead atoms. The summed E-state index contributed by atoms with van der Waals surface area (Å²) in [5.74, 6) is 0.505. The summed E-state index contributed by atoms with van der Waals surface area (Å²) in [5, 5.41) is 4.88. The highest BCUT2D eigenvalue weighted by atomic mass is 35.5. The number of hydrogen-bond acceptors (Lipinski definition) is 4. The maximum absolute atomic E-state index is 12.7. The molecule has 1 aliphatic heterocycles. The molecule has 3 rings (SSSR count). The molecule has 7 heteroatoms. The highest BCUT2D eigenvalue weighted by Gasteiger charge is 2.28. The van der Waals surface area contributed by atoms with Gasteiger partial charge in [0.25, 0.3) is 5.91 Å². The number of aryl methyl sites for hydroxylation is 1. The molecule has 0 aliphatic carbocycles. The van der Waals surface area contributed by atoms with Gasteiger partial charge in [0.15, 0.2) is 6.61 Å². The number of amides is 1. The van der Waals surface area contributed by atoms with Crippen LogP contribution < -0.4 is 4.74 Å². The summed E-state index contributed by atoms with van der Waals surface area (Å²) in [6.07, 6.45) is 2.56. The van der Waals surface area contributed by atoms with Crippen LogP contribution in [0.3, 0.4) is 0 Å². The summed E-state index contributed by atoms with van der Waals surface area (Å²) in [7, 11) is 1.65. The van der Waals surface area contributed by atoms with Crippen LogP contribution in [0.4, 0.5) is 0 Å². The Labute approximate surface area is 145 Å². The van der Waals surface area contributed by atoms with E-state index in [0.717, 1.165) is 18.7 Å². The molecular formula is C17H20ClN3O3. The van der Waals surface area contributed by atoms with Crippen molar-refractivity contribution in [1.82, 2.24) is 14.7 Å². The normalized spacial score (nSPS) is 17.2. The zero-order valence-electron chi connectivity index (χ0n) is 13.5. The molecule has 2 heterocycles. The maximum atomic E-state index is 12.7. The van der Waals surface area contributed by atoms with Crippen molar-refractivity contribution in [3.63, 3.8) is 0 Å².